The number of pyridine rings is 2. The van der Waals surface area contributed by atoms with Gasteiger partial charge in [-0.1, -0.05) is 18.2 Å². The lowest BCUT2D eigenvalue weighted by Crippen LogP contribution is -2.48. The standard InChI is InChI=1S/C25H27N5O3S.ClH/c1-15-5-6-16-3-2-4-19(22(16)27-15)29-24(32)25(33)11-9-17(10-12-25)26-13-18-7-8-20-23(28-18)30-21(31)14-34-20;/h2-8,17,26,33H,9-14H2,1H3,(H,29,32)(H,28,30,31);1H/t17-,25-;. The van der Waals surface area contributed by atoms with Gasteiger partial charge >= 0.3 is 0 Å². The SMILES string of the molecule is Cc1ccc2cccc(NC(=O)[C@]3(O)CC[C@H](NCc4ccc5c(n4)NC(=O)CS5)CC3)c2n1.Cl. The zero-order valence-corrected chi connectivity index (χ0v) is 21.0. The number of aryl methyl sites for hydroxylation is 1. The third-order valence-corrected chi connectivity index (χ3v) is 7.49. The first-order chi connectivity index (χ1) is 16.4. The Morgan fingerprint density at radius 1 is 1.17 bits per heavy atom. The van der Waals surface area contributed by atoms with Gasteiger partial charge in [0.1, 0.15) is 11.4 Å². The number of hydrogen-bond acceptors (Lipinski definition) is 7. The Bertz CT molecular complexity index is 1260. The van der Waals surface area contributed by atoms with Gasteiger partial charge in [-0.2, -0.15) is 0 Å². The monoisotopic (exact) mass is 513 g/mol. The summed E-state index contributed by atoms with van der Waals surface area (Å²) in [5.74, 6) is 0.621. The predicted molar refractivity (Wildman–Crippen MR) is 140 cm³/mol. The fourth-order valence-corrected chi connectivity index (χ4v) is 5.22. The van der Waals surface area contributed by atoms with E-state index in [2.05, 4.69) is 25.9 Å². The first-order valence-electron chi connectivity index (χ1n) is 11.5. The molecule has 0 bridgehead atoms. The number of nitrogens with zero attached hydrogens (tertiary/aromatic N) is 2. The third kappa shape index (κ3) is 5.59. The second kappa shape index (κ2) is 10.5. The van der Waals surface area contributed by atoms with Gasteiger partial charge in [0, 0.05) is 23.7 Å². The number of nitrogens with one attached hydrogen (secondary N) is 3. The fourth-order valence-electron chi connectivity index (χ4n) is 4.46. The number of halogens is 1. The van der Waals surface area contributed by atoms with Gasteiger partial charge in [-0.05, 0) is 56.9 Å². The summed E-state index contributed by atoms with van der Waals surface area (Å²) < 4.78 is 0. The van der Waals surface area contributed by atoms with Crippen molar-refractivity contribution in [1.82, 2.24) is 15.3 Å². The molecule has 1 aliphatic heterocycles. The fraction of sp³-hybridized carbons (Fsp3) is 0.360. The minimum atomic E-state index is -1.41. The molecule has 35 heavy (non-hydrogen) atoms. The normalized spacial score (nSPS) is 21.5. The van der Waals surface area contributed by atoms with Crippen molar-refractivity contribution in [2.45, 2.75) is 55.7 Å². The van der Waals surface area contributed by atoms with E-state index in [1.807, 2.05) is 49.4 Å². The number of benzene rings is 1. The smallest absolute Gasteiger partial charge is 0.256 e. The van der Waals surface area contributed by atoms with Crippen LogP contribution in [-0.4, -0.2) is 44.3 Å². The van der Waals surface area contributed by atoms with Crippen LogP contribution in [-0.2, 0) is 16.1 Å². The number of hydrogen-bond donors (Lipinski definition) is 4. The van der Waals surface area contributed by atoms with E-state index in [9.17, 15) is 14.7 Å². The van der Waals surface area contributed by atoms with Gasteiger partial charge in [0.25, 0.3) is 5.91 Å². The number of carbonyl (C=O) groups excluding carboxylic acids is 2. The molecule has 0 unspecified atom stereocenters. The molecule has 1 aromatic carbocycles. The van der Waals surface area contributed by atoms with Crippen LogP contribution in [0.25, 0.3) is 10.9 Å². The minimum absolute atomic E-state index is 0. The number of aliphatic hydroxyl groups is 1. The lowest BCUT2D eigenvalue weighted by Gasteiger charge is -2.35. The van der Waals surface area contributed by atoms with E-state index in [4.69, 9.17) is 0 Å². The second-order valence-corrected chi connectivity index (χ2v) is 9.97. The molecule has 0 radical (unpaired) electrons. The highest BCUT2D eigenvalue weighted by atomic mass is 35.5. The average molecular weight is 514 g/mol. The van der Waals surface area contributed by atoms with Crippen LogP contribution in [0.4, 0.5) is 11.5 Å². The second-order valence-electron chi connectivity index (χ2n) is 8.96. The molecule has 2 aliphatic rings. The van der Waals surface area contributed by atoms with Crippen LogP contribution in [0, 0.1) is 6.92 Å². The van der Waals surface area contributed by atoms with Crippen LogP contribution in [0.15, 0.2) is 47.4 Å². The Balaban J connectivity index is 0.00000289. The maximum Gasteiger partial charge on any atom is 0.256 e. The highest BCUT2D eigenvalue weighted by Gasteiger charge is 2.40. The van der Waals surface area contributed by atoms with Crippen LogP contribution < -0.4 is 16.0 Å². The number of carbonyl (C=O) groups is 2. The van der Waals surface area contributed by atoms with E-state index < -0.39 is 5.60 Å². The molecule has 10 heteroatoms. The van der Waals surface area contributed by atoms with Crippen LogP contribution in [0.3, 0.4) is 0 Å². The van der Waals surface area contributed by atoms with Crippen molar-refractivity contribution >= 4 is 58.4 Å². The molecule has 4 N–H and O–H groups in total. The van der Waals surface area contributed by atoms with Gasteiger partial charge in [-0.25, -0.2) is 4.98 Å². The summed E-state index contributed by atoms with van der Waals surface area (Å²) >= 11 is 1.49. The van der Waals surface area contributed by atoms with Gasteiger partial charge < -0.3 is 21.1 Å². The third-order valence-electron chi connectivity index (χ3n) is 6.45. The number of fused-ring (bicyclic) bond motifs is 2. The Morgan fingerprint density at radius 3 is 2.77 bits per heavy atom. The molecule has 2 amide bonds. The van der Waals surface area contributed by atoms with Crippen molar-refractivity contribution in [3.8, 4) is 0 Å². The maximum atomic E-state index is 13.0. The topological polar surface area (TPSA) is 116 Å². The number of rotatable bonds is 5. The highest BCUT2D eigenvalue weighted by Crippen LogP contribution is 2.32. The van der Waals surface area contributed by atoms with Gasteiger partial charge in [-0.15, -0.1) is 24.2 Å². The van der Waals surface area contributed by atoms with Crippen LogP contribution in [0.1, 0.15) is 37.1 Å². The number of anilines is 2. The van der Waals surface area contributed by atoms with Crippen molar-refractivity contribution in [1.29, 1.82) is 0 Å². The molecular formula is C25H28ClN5O3S. The first kappa shape index (κ1) is 25.4. The Kier molecular flexibility index (Phi) is 7.61. The van der Waals surface area contributed by atoms with E-state index in [-0.39, 0.29) is 30.3 Å². The minimum Gasteiger partial charge on any atom is -0.380 e. The first-order valence-corrected chi connectivity index (χ1v) is 12.4. The van der Waals surface area contributed by atoms with E-state index in [0.29, 0.717) is 49.5 Å². The molecule has 0 saturated heterocycles. The van der Waals surface area contributed by atoms with Crippen molar-refractivity contribution in [3.05, 3.63) is 53.9 Å². The lowest BCUT2D eigenvalue weighted by atomic mass is 9.81. The Morgan fingerprint density at radius 2 is 1.97 bits per heavy atom. The van der Waals surface area contributed by atoms with Crippen LogP contribution >= 0.6 is 24.2 Å². The molecule has 5 rings (SSSR count). The zero-order chi connectivity index (χ0) is 23.7. The summed E-state index contributed by atoms with van der Waals surface area (Å²) in [5, 5.41) is 21.2. The number of para-hydroxylation sites is 1. The average Bonchev–Trinajstić information content (AvgIpc) is 2.84. The van der Waals surface area contributed by atoms with Crippen molar-refractivity contribution in [2.75, 3.05) is 16.4 Å². The maximum absolute atomic E-state index is 13.0. The summed E-state index contributed by atoms with van der Waals surface area (Å²) in [5.41, 5.74) is 1.65. The molecule has 1 saturated carbocycles. The molecule has 1 fully saturated rings. The molecule has 0 atom stereocenters. The summed E-state index contributed by atoms with van der Waals surface area (Å²) in [4.78, 5) is 34.7. The molecule has 0 spiro atoms. The Labute approximate surface area is 214 Å². The van der Waals surface area contributed by atoms with E-state index in [1.54, 1.807) is 0 Å². The number of aromatic nitrogens is 2. The van der Waals surface area contributed by atoms with E-state index in [0.717, 1.165) is 27.2 Å². The molecule has 8 nitrogen and oxygen atoms in total. The number of amides is 2. The highest BCUT2D eigenvalue weighted by molar-refractivity contribution is 8.00. The molecular weight excluding hydrogens is 486 g/mol. The molecule has 3 heterocycles. The summed E-state index contributed by atoms with van der Waals surface area (Å²) in [6, 6.07) is 13.7. The predicted octanol–water partition coefficient (Wildman–Crippen LogP) is 3.81. The lowest BCUT2D eigenvalue weighted by molar-refractivity contribution is -0.137. The van der Waals surface area contributed by atoms with Gasteiger partial charge in [0.05, 0.1) is 27.5 Å². The molecule has 1 aliphatic carbocycles. The summed E-state index contributed by atoms with van der Waals surface area (Å²) in [7, 11) is 0. The Hall–Kier alpha value is -2.72. The summed E-state index contributed by atoms with van der Waals surface area (Å²) in [6.07, 6.45) is 2.10. The van der Waals surface area contributed by atoms with Crippen LogP contribution in [0.2, 0.25) is 0 Å². The van der Waals surface area contributed by atoms with Gasteiger partial charge in [-0.3, -0.25) is 14.6 Å². The van der Waals surface area contributed by atoms with Gasteiger partial charge in [0.2, 0.25) is 5.91 Å². The molecule has 2 aromatic heterocycles. The molecule has 3 aromatic rings. The van der Waals surface area contributed by atoms with E-state index in [1.165, 1.54) is 11.8 Å². The quantitative estimate of drug-likeness (QED) is 0.410. The zero-order valence-electron chi connectivity index (χ0n) is 19.3. The summed E-state index contributed by atoms with van der Waals surface area (Å²) in [6.45, 7) is 2.47. The molecule has 184 valence electrons. The van der Waals surface area contributed by atoms with Gasteiger partial charge in [0.15, 0.2) is 0 Å². The largest absolute Gasteiger partial charge is 0.380 e. The van der Waals surface area contributed by atoms with Crippen molar-refractivity contribution in [3.63, 3.8) is 0 Å². The van der Waals surface area contributed by atoms with Crippen LogP contribution in [0.5, 0.6) is 0 Å². The van der Waals surface area contributed by atoms with Crippen molar-refractivity contribution in [2.24, 2.45) is 0 Å². The van der Waals surface area contributed by atoms with E-state index >= 15 is 0 Å². The van der Waals surface area contributed by atoms with Crippen molar-refractivity contribution < 1.29 is 14.7 Å². The number of thioether (sulfide) groups is 1.